The molecule has 0 aliphatic heterocycles. The fraction of sp³-hybridized carbons (Fsp3) is 0.333. The Morgan fingerprint density at radius 1 is 1.38 bits per heavy atom. The van der Waals surface area contributed by atoms with E-state index >= 15 is 0 Å². The molecule has 21 heavy (non-hydrogen) atoms. The molecule has 5 nitrogen and oxygen atoms in total. The monoisotopic (exact) mass is 303 g/mol. The maximum atomic E-state index is 12.6. The Labute approximate surface area is 124 Å². The van der Waals surface area contributed by atoms with Gasteiger partial charge < -0.3 is 0 Å². The van der Waals surface area contributed by atoms with Crippen LogP contribution in [-0.2, 0) is 10.0 Å². The van der Waals surface area contributed by atoms with Crippen LogP contribution >= 0.6 is 0 Å². The highest BCUT2D eigenvalue weighted by Crippen LogP contribution is 2.24. The van der Waals surface area contributed by atoms with Crippen molar-refractivity contribution in [2.45, 2.75) is 37.6 Å². The van der Waals surface area contributed by atoms with Crippen molar-refractivity contribution in [1.82, 2.24) is 9.71 Å². The zero-order valence-corrected chi connectivity index (χ0v) is 12.8. The van der Waals surface area contributed by atoms with E-state index in [1.165, 1.54) is 0 Å². The van der Waals surface area contributed by atoms with Gasteiger partial charge in [-0.15, -0.1) is 0 Å². The second kappa shape index (κ2) is 6.20. The van der Waals surface area contributed by atoms with Crippen LogP contribution in [0.5, 0.6) is 0 Å². The third-order valence-corrected chi connectivity index (χ3v) is 4.95. The van der Waals surface area contributed by atoms with E-state index in [2.05, 4.69) is 9.71 Å². The molecule has 1 heterocycles. The minimum absolute atomic E-state index is 0.151. The van der Waals surface area contributed by atoms with E-state index in [4.69, 9.17) is 5.26 Å². The normalized spacial score (nSPS) is 13.0. The van der Waals surface area contributed by atoms with Gasteiger partial charge in [0, 0.05) is 17.6 Å². The first-order valence-corrected chi connectivity index (χ1v) is 8.21. The van der Waals surface area contributed by atoms with E-state index in [-0.39, 0.29) is 17.4 Å². The summed E-state index contributed by atoms with van der Waals surface area (Å²) in [6, 6.07) is 8.41. The molecule has 0 aliphatic carbocycles. The fourth-order valence-electron chi connectivity index (χ4n) is 2.18. The Hall–Kier alpha value is -1.97. The molecule has 1 aromatic heterocycles. The number of nitrogens with one attached hydrogen (secondary N) is 1. The van der Waals surface area contributed by atoms with E-state index in [1.807, 2.05) is 19.9 Å². The van der Waals surface area contributed by atoms with Crippen LogP contribution in [0, 0.1) is 18.3 Å². The molecule has 6 heteroatoms. The lowest BCUT2D eigenvalue weighted by atomic mass is 10.1. The molecule has 1 atom stereocenters. The Morgan fingerprint density at radius 3 is 2.81 bits per heavy atom. The molecule has 2 rings (SSSR count). The topological polar surface area (TPSA) is 82.9 Å². The van der Waals surface area contributed by atoms with Gasteiger partial charge in [0.15, 0.2) is 0 Å². The van der Waals surface area contributed by atoms with Gasteiger partial charge in [0.05, 0.1) is 22.9 Å². The average Bonchev–Trinajstić information content (AvgIpc) is 2.47. The maximum absolute atomic E-state index is 12.6. The summed E-state index contributed by atoms with van der Waals surface area (Å²) in [5, 5.41) is 9.34. The molecular weight excluding hydrogens is 286 g/mol. The van der Waals surface area contributed by atoms with Gasteiger partial charge in [-0.2, -0.15) is 5.26 Å². The number of benzene rings is 1. The van der Waals surface area contributed by atoms with Gasteiger partial charge in [0.2, 0.25) is 10.0 Å². The molecule has 0 bridgehead atoms. The number of hydrogen-bond acceptors (Lipinski definition) is 4. The Morgan fingerprint density at radius 2 is 2.14 bits per heavy atom. The molecule has 0 saturated heterocycles. The zero-order chi connectivity index (χ0) is 15.5. The summed E-state index contributed by atoms with van der Waals surface area (Å²) in [5.74, 6) is 0. The second-order valence-electron chi connectivity index (χ2n) is 4.87. The molecule has 1 N–H and O–H groups in total. The van der Waals surface area contributed by atoms with Gasteiger partial charge in [-0.05, 0) is 37.1 Å². The van der Waals surface area contributed by atoms with Crippen molar-refractivity contribution < 1.29 is 8.42 Å². The number of rotatable bonds is 5. The molecular formula is C15H17N3O2S. The lowest BCUT2D eigenvalue weighted by Gasteiger charge is -2.15. The first-order valence-electron chi connectivity index (χ1n) is 6.73. The lowest BCUT2D eigenvalue weighted by molar-refractivity contribution is 0.544. The number of nitriles is 1. The summed E-state index contributed by atoms with van der Waals surface area (Å²) < 4.78 is 27.7. The largest absolute Gasteiger partial charge is 0.256 e. The number of nitrogens with zero attached hydrogens (tertiary/aromatic N) is 2. The van der Waals surface area contributed by atoms with Crippen molar-refractivity contribution in [3.05, 3.63) is 36.0 Å². The fourth-order valence-corrected chi connectivity index (χ4v) is 3.70. The summed E-state index contributed by atoms with van der Waals surface area (Å²) in [5.41, 5.74) is 1.60. The standard InChI is InChI=1S/C15H17N3O2S/c1-3-12(8-9-16)18-21(19,20)14-7-6-11(2)15-13(14)5-4-10-17-15/h4-7,10,12,18H,3,8H2,1-2H3. The van der Waals surface area contributed by atoms with Crippen LogP contribution in [0.3, 0.4) is 0 Å². The summed E-state index contributed by atoms with van der Waals surface area (Å²) in [6.07, 6.45) is 2.36. The number of hydrogen-bond donors (Lipinski definition) is 1. The van der Waals surface area contributed by atoms with E-state index in [1.54, 1.807) is 30.5 Å². The highest BCUT2D eigenvalue weighted by atomic mass is 32.2. The van der Waals surface area contributed by atoms with Crippen LogP contribution in [0.15, 0.2) is 35.4 Å². The maximum Gasteiger partial charge on any atom is 0.241 e. The van der Waals surface area contributed by atoms with Crippen LogP contribution in [0.25, 0.3) is 10.9 Å². The summed E-state index contributed by atoms with van der Waals surface area (Å²) in [7, 11) is -3.68. The highest BCUT2D eigenvalue weighted by Gasteiger charge is 2.21. The van der Waals surface area contributed by atoms with Crippen LogP contribution in [0.4, 0.5) is 0 Å². The molecule has 0 amide bonds. The Balaban J connectivity index is 2.51. The molecule has 0 saturated carbocycles. The first kappa shape index (κ1) is 15.4. The van der Waals surface area contributed by atoms with Gasteiger partial charge >= 0.3 is 0 Å². The molecule has 1 unspecified atom stereocenters. The number of pyridine rings is 1. The van der Waals surface area contributed by atoms with Crippen molar-refractivity contribution in [2.24, 2.45) is 0 Å². The van der Waals surface area contributed by atoms with Crippen molar-refractivity contribution in [3.63, 3.8) is 0 Å². The third kappa shape index (κ3) is 3.20. The van der Waals surface area contributed by atoms with Crippen LogP contribution in [0.1, 0.15) is 25.3 Å². The van der Waals surface area contributed by atoms with Crippen LogP contribution in [-0.4, -0.2) is 19.4 Å². The lowest BCUT2D eigenvalue weighted by Crippen LogP contribution is -2.34. The minimum Gasteiger partial charge on any atom is -0.256 e. The van der Waals surface area contributed by atoms with E-state index in [0.717, 1.165) is 5.56 Å². The molecule has 1 aromatic carbocycles. The van der Waals surface area contributed by atoms with Gasteiger partial charge in [-0.1, -0.05) is 13.0 Å². The smallest absolute Gasteiger partial charge is 0.241 e. The number of fused-ring (bicyclic) bond motifs is 1. The van der Waals surface area contributed by atoms with Crippen molar-refractivity contribution in [2.75, 3.05) is 0 Å². The van der Waals surface area contributed by atoms with Crippen LogP contribution in [0.2, 0.25) is 0 Å². The van der Waals surface area contributed by atoms with Gasteiger partial charge in [0.25, 0.3) is 0 Å². The molecule has 0 fully saturated rings. The Bertz CT molecular complexity index is 794. The molecule has 110 valence electrons. The summed E-state index contributed by atoms with van der Waals surface area (Å²) >= 11 is 0. The van der Waals surface area contributed by atoms with Gasteiger partial charge in [-0.3, -0.25) is 4.98 Å². The second-order valence-corrected chi connectivity index (χ2v) is 6.55. The van der Waals surface area contributed by atoms with Gasteiger partial charge in [0.1, 0.15) is 0 Å². The molecule has 0 radical (unpaired) electrons. The van der Waals surface area contributed by atoms with E-state index in [9.17, 15) is 8.42 Å². The van der Waals surface area contributed by atoms with Crippen molar-refractivity contribution >= 4 is 20.9 Å². The number of sulfonamides is 1. The summed E-state index contributed by atoms with van der Waals surface area (Å²) in [6.45, 7) is 3.74. The predicted octanol–water partition coefficient (Wildman–Crippen LogP) is 2.51. The quantitative estimate of drug-likeness (QED) is 0.920. The van der Waals surface area contributed by atoms with Crippen LogP contribution < -0.4 is 4.72 Å². The zero-order valence-electron chi connectivity index (χ0n) is 12.0. The first-order chi connectivity index (χ1) is 9.99. The average molecular weight is 303 g/mol. The predicted molar refractivity (Wildman–Crippen MR) is 81.1 cm³/mol. The number of aromatic nitrogens is 1. The molecule has 0 aliphatic rings. The van der Waals surface area contributed by atoms with Crippen molar-refractivity contribution in [3.8, 4) is 6.07 Å². The SMILES string of the molecule is CCC(CC#N)NS(=O)(=O)c1ccc(C)c2ncccc12. The van der Waals surface area contributed by atoms with E-state index in [0.29, 0.717) is 17.3 Å². The summed E-state index contributed by atoms with van der Waals surface area (Å²) in [4.78, 5) is 4.45. The number of aryl methyl sites for hydroxylation is 1. The molecule has 2 aromatic rings. The highest BCUT2D eigenvalue weighted by molar-refractivity contribution is 7.89. The van der Waals surface area contributed by atoms with Crippen molar-refractivity contribution in [1.29, 1.82) is 5.26 Å². The molecule has 0 spiro atoms. The third-order valence-electron chi connectivity index (χ3n) is 3.37. The Kier molecular flexibility index (Phi) is 4.56. The van der Waals surface area contributed by atoms with Gasteiger partial charge in [-0.25, -0.2) is 13.1 Å². The minimum atomic E-state index is -3.68. The van der Waals surface area contributed by atoms with E-state index < -0.39 is 10.0 Å².